The van der Waals surface area contributed by atoms with E-state index >= 15 is 0 Å². The molecule has 0 aromatic carbocycles. The minimum Gasteiger partial charge on any atom is -0.463 e. The summed E-state index contributed by atoms with van der Waals surface area (Å²) in [4.78, 5) is 101. The van der Waals surface area contributed by atoms with Gasteiger partial charge in [0.05, 0.1) is 5.92 Å². The van der Waals surface area contributed by atoms with E-state index in [2.05, 4.69) is 54.1 Å². The first-order valence-electron chi connectivity index (χ1n) is 18.6. The lowest BCUT2D eigenvalue weighted by molar-refractivity contribution is -0.299. The van der Waals surface area contributed by atoms with Crippen molar-refractivity contribution < 1.29 is 122 Å². The fourth-order valence-corrected chi connectivity index (χ4v) is 6.53. The summed E-state index contributed by atoms with van der Waals surface area (Å²) in [6, 6.07) is 0. The first kappa shape index (κ1) is 64.1. The SMILES string of the molecule is C.C.CC(=O)OC[C@H]1O[C@@H](N)[C@H](OC(C)=O)[C@@H](OC(C)=O)C1(F)F.CC(=O)OC[C@H]1O[C@@H](N=C=O)[C@H](OC(C)=O)[C@@H](OC(C)=O)C1(F)F.CC(=O)OC[C@H]1O[C@H](Br)[C@H](OC(C)=O)[C@@H](C)C1(F)F. The van der Waals surface area contributed by atoms with Crippen molar-refractivity contribution in [3.05, 3.63) is 0 Å². The Hall–Kier alpha value is -4.96. The van der Waals surface area contributed by atoms with Crippen LogP contribution in [-0.4, -0.2) is 158 Å². The number of halogens is 7. The number of aliphatic imine (C=N–C) groups is 1. The van der Waals surface area contributed by atoms with Gasteiger partial charge in [0.25, 0.3) is 5.92 Å². The van der Waals surface area contributed by atoms with Crippen molar-refractivity contribution in [1.82, 2.24) is 0 Å². The van der Waals surface area contributed by atoms with Crippen molar-refractivity contribution in [2.24, 2.45) is 16.6 Å². The third-order valence-corrected chi connectivity index (χ3v) is 9.25. The first-order valence-corrected chi connectivity index (χ1v) is 19.5. The van der Waals surface area contributed by atoms with E-state index in [0.717, 1.165) is 61.5 Å². The average Bonchev–Trinajstić information content (AvgIpc) is 3.15. The number of ether oxygens (including phenoxy) is 11. The van der Waals surface area contributed by atoms with E-state index in [1.165, 1.54) is 6.92 Å². The van der Waals surface area contributed by atoms with E-state index in [0.29, 0.717) is 0 Å². The number of rotatable bonds is 12. The second-order valence-electron chi connectivity index (χ2n) is 13.8. The number of carbonyl (C=O) groups is 8. The van der Waals surface area contributed by atoms with Crippen LogP contribution in [0.15, 0.2) is 4.99 Å². The Kier molecular flexibility index (Phi) is 26.6. The zero-order valence-electron chi connectivity index (χ0n) is 35.9. The number of hydrogen-bond donors (Lipinski definition) is 1. The fraction of sp³-hybridized carbons (Fsp3) is 0.763. The largest absolute Gasteiger partial charge is 0.463 e. The van der Waals surface area contributed by atoms with Gasteiger partial charge in [0.15, 0.2) is 35.5 Å². The Balaban J connectivity index is 0. The molecule has 3 aliphatic heterocycles. The Labute approximate surface area is 388 Å². The van der Waals surface area contributed by atoms with Gasteiger partial charge in [-0.25, -0.2) is 13.6 Å². The van der Waals surface area contributed by atoms with Crippen molar-refractivity contribution in [3.8, 4) is 0 Å². The molecule has 0 aromatic heterocycles. The highest BCUT2D eigenvalue weighted by Gasteiger charge is 2.63. The van der Waals surface area contributed by atoms with Gasteiger partial charge >= 0.3 is 59.6 Å². The van der Waals surface area contributed by atoms with Crippen LogP contribution in [0, 0.1) is 5.92 Å². The van der Waals surface area contributed by atoms with Gasteiger partial charge < -0.3 is 57.8 Å². The van der Waals surface area contributed by atoms with Crippen LogP contribution >= 0.6 is 15.9 Å². The summed E-state index contributed by atoms with van der Waals surface area (Å²) < 4.78 is 138. The van der Waals surface area contributed by atoms with Crippen molar-refractivity contribution in [2.75, 3.05) is 19.8 Å². The smallest absolute Gasteiger partial charge is 0.317 e. The fourth-order valence-electron chi connectivity index (χ4n) is 5.70. The lowest BCUT2D eigenvalue weighted by Gasteiger charge is -2.43. The third-order valence-electron chi connectivity index (χ3n) is 8.51. The molecular weight excluding hydrogens is 998 g/mol. The van der Waals surface area contributed by atoms with Gasteiger partial charge in [-0.1, -0.05) is 37.7 Å². The van der Waals surface area contributed by atoms with E-state index < -0.39 is 158 Å². The molecular formula is C38H55BrF6N2O20. The molecule has 2 N–H and O–H groups in total. The van der Waals surface area contributed by atoms with Crippen LogP contribution in [-0.2, 0) is 95.3 Å². The molecule has 0 aromatic rings. The normalized spacial score (nSPS) is 29.6. The van der Waals surface area contributed by atoms with E-state index in [9.17, 15) is 69.5 Å². The van der Waals surface area contributed by atoms with E-state index in [4.69, 9.17) is 24.7 Å². The molecule has 29 heteroatoms. The summed E-state index contributed by atoms with van der Waals surface area (Å²) in [5, 5.41) is -0.883. The van der Waals surface area contributed by atoms with Gasteiger partial charge in [-0.05, 0) is 0 Å². The summed E-state index contributed by atoms with van der Waals surface area (Å²) in [6.45, 7) is 7.01. The molecule has 0 bridgehead atoms. The average molecular weight is 1050 g/mol. The Bertz CT molecular complexity index is 1770. The molecule has 0 aliphatic carbocycles. The minimum atomic E-state index is -3.89. The zero-order chi connectivity index (χ0) is 50.4. The van der Waals surface area contributed by atoms with Crippen LogP contribution in [0.5, 0.6) is 0 Å². The molecule has 12 atom stereocenters. The van der Waals surface area contributed by atoms with Crippen molar-refractivity contribution in [2.45, 2.75) is 161 Å². The molecule has 67 heavy (non-hydrogen) atoms. The highest BCUT2D eigenvalue weighted by molar-refractivity contribution is 9.09. The van der Waals surface area contributed by atoms with Gasteiger partial charge in [0, 0.05) is 55.4 Å². The number of hydrogen-bond acceptors (Lipinski definition) is 22. The molecule has 0 saturated carbocycles. The van der Waals surface area contributed by atoms with Gasteiger partial charge in [-0.3, -0.25) is 38.4 Å². The summed E-state index contributed by atoms with van der Waals surface area (Å²) in [5.41, 5.74) is 5.55. The first-order chi connectivity index (χ1) is 29.8. The number of carbonyl (C=O) groups excluding carboxylic acids is 9. The highest BCUT2D eigenvalue weighted by Crippen LogP contribution is 2.43. The van der Waals surface area contributed by atoms with E-state index in [-0.39, 0.29) is 14.9 Å². The van der Waals surface area contributed by atoms with Gasteiger partial charge in [0.1, 0.15) is 32.2 Å². The van der Waals surface area contributed by atoms with Gasteiger partial charge in [0.2, 0.25) is 24.5 Å². The topological polar surface area (TPSA) is 294 Å². The standard InChI is InChI=1S/C13H15F2NO8.C12H17F2NO7.C11H15BrF2O5.2CH4/c1-6(18)21-4-9-13(14,15)11(23-8(3)20)10(22-7(2)19)12(24-9)16-5-17;1-5(16)19-4-8-12(13,14)10(21-7(3)18)9(11(15)22-8)20-6(2)17;1-5-9(18-7(3)16)10(12)19-8(11(5,13)14)4-17-6(2)15;;/h9-12H,4H2,1-3H3;8-11H,4,15H2,1-3H3;5,8-10H,4H2,1-3H3;2*1H4/t9-,10-,11-,12-;8-,9-,10-,11-;5-,8-,9-,10+;;/m111../s1. The maximum absolute atomic E-state index is 14.5. The predicted molar refractivity (Wildman–Crippen MR) is 212 cm³/mol. The molecule has 386 valence electrons. The highest BCUT2D eigenvalue weighted by atomic mass is 79.9. The number of nitrogens with zero attached hydrogens (tertiary/aromatic N) is 1. The Morgan fingerprint density at radius 2 is 0.866 bits per heavy atom. The molecule has 0 unspecified atom stereocenters. The monoisotopic (exact) mass is 1050 g/mol. The van der Waals surface area contributed by atoms with E-state index in [1.54, 1.807) is 0 Å². The quantitative estimate of drug-likeness (QED) is 0.0734. The molecule has 3 fully saturated rings. The number of nitrogens with two attached hydrogens (primary N) is 1. The van der Waals surface area contributed by atoms with Gasteiger partial charge in [-0.15, -0.1) is 0 Å². The predicted octanol–water partition coefficient (Wildman–Crippen LogP) is 2.99. The van der Waals surface area contributed by atoms with Crippen LogP contribution in [0.4, 0.5) is 26.3 Å². The van der Waals surface area contributed by atoms with E-state index in [1.807, 2.05) is 0 Å². The molecule has 3 aliphatic rings. The van der Waals surface area contributed by atoms with Crippen LogP contribution in [0.25, 0.3) is 0 Å². The molecule has 3 rings (SSSR count). The molecule has 3 saturated heterocycles. The van der Waals surface area contributed by atoms with Gasteiger partial charge in [-0.2, -0.15) is 22.6 Å². The zero-order valence-corrected chi connectivity index (χ0v) is 37.5. The Morgan fingerprint density at radius 3 is 1.22 bits per heavy atom. The second-order valence-corrected chi connectivity index (χ2v) is 14.7. The molecule has 0 spiro atoms. The van der Waals surface area contributed by atoms with Crippen molar-refractivity contribution in [1.29, 1.82) is 0 Å². The van der Waals surface area contributed by atoms with Crippen LogP contribution < -0.4 is 5.73 Å². The molecule has 0 amide bonds. The lowest BCUT2D eigenvalue weighted by Crippen LogP contribution is -2.67. The molecule has 22 nitrogen and oxygen atoms in total. The van der Waals surface area contributed by atoms with Crippen molar-refractivity contribution in [3.63, 3.8) is 0 Å². The summed E-state index contributed by atoms with van der Waals surface area (Å²) in [6.07, 6.45) is -16.8. The van der Waals surface area contributed by atoms with Crippen molar-refractivity contribution >= 4 is 69.8 Å². The number of isocyanates is 1. The molecule has 0 radical (unpaired) electrons. The lowest BCUT2D eigenvalue weighted by atomic mass is 9.90. The van der Waals surface area contributed by atoms with Crippen LogP contribution in [0.3, 0.4) is 0 Å². The number of esters is 8. The summed E-state index contributed by atoms with van der Waals surface area (Å²) in [5.74, 6) is -19.2. The maximum Gasteiger partial charge on any atom is 0.317 e. The minimum absolute atomic E-state index is 0. The molecule has 3 heterocycles. The summed E-state index contributed by atoms with van der Waals surface area (Å²) in [7, 11) is 0. The van der Waals surface area contributed by atoms with Crippen LogP contribution in [0.2, 0.25) is 0 Å². The maximum atomic E-state index is 14.5. The summed E-state index contributed by atoms with van der Waals surface area (Å²) >= 11 is 3.05. The second kappa shape index (κ2) is 27.8. The van der Waals surface area contributed by atoms with Crippen LogP contribution in [0.1, 0.15) is 77.2 Å². The number of alkyl halides is 7. The Morgan fingerprint density at radius 1 is 0.537 bits per heavy atom. The third kappa shape index (κ3) is 19.3.